The van der Waals surface area contributed by atoms with Crippen LogP contribution in [-0.2, 0) is 0 Å². The Morgan fingerprint density at radius 3 is 2.25 bits per heavy atom. The Morgan fingerprint density at radius 2 is 1.75 bits per heavy atom. The first-order valence-corrected chi connectivity index (χ1v) is 3.12. The Kier molecular flexibility index (Phi) is 0.997. The third-order valence-corrected chi connectivity index (χ3v) is 1.91. The molecule has 0 aliphatic carbocycles. The largest absolute Gasteiger partial charge is 0.303 e. The highest BCUT2D eigenvalue weighted by Crippen LogP contribution is 2.05. The highest BCUT2D eigenvalue weighted by Gasteiger charge is 2.27. The predicted octanol–water partition coefficient (Wildman–Crippen LogP) is -1.22. The molecule has 0 aromatic carbocycles. The second-order valence-corrected chi connectivity index (χ2v) is 2.47. The maximum Gasteiger partial charge on any atom is 0.0497 e. The summed E-state index contributed by atoms with van der Waals surface area (Å²) in [5, 5.41) is 6.62. The summed E-state index contributed by atoms with van der Waals surface area (Å²) in [5.74, 6) is 0. The van der Waals surface area contributed by atoms with Crippen LogP contribution in [0.15, 0.2) is 0 Å². The molecule has 2 fully saturated rings. The van der Waals surface area contributed by atoms with Gasteiger partial charge in [0.05, 0.1) is 0 Å². The maximum absolute atomic E-state index is 3.31. The normalized spacial score (nSPS) is 31.5. The van der Waals surface area contributed by atoms with Crippen LogP contribution in [0.2, 0.25) is 0 Å². The predicted molar refractivity (Wildman–Crippen MR) is 31.4 cm³/mol. The molecule has 0 spiro atoms. The minimum atomic E-state index is 0.787. The molecule has 0 aromatic heterocycles. The van der Waals surface area contributed by atoms with Crippen LogP contribution in [0.25, 0.3) is 0 Å². The highest BCUT2D eigenvalue weighted by molar-refractivity contribution is 4.85. The minimum Gasteiger partial charge on any atom is -0.303 e. The van der Waals surface area contributed by atoms with Crippen molar-refractivity contribution in [3.05, 3.63) is 0 Å². The average Bonchev–Trinajstić information content (AvgIpc) is 2.15. The molecular weight excluding hydrogens is 102 g/mol. The number of nitrogens with zero attached hydrogens (tertiary/aromatic N) is 1. The summed E-state index contributed by atoms with van der Waals surface area (Å²) in [6.45, 7) is 4.51. The van der Waals surface area contributed by atoms with Crippen molar-refractivity contribution in [3.63, 3.8) is 0 Å². The van der Waals surface area contributed by atoms with Gasteiger partial charge in [0, 0.05) is 32.5 Å². The van der Waals surface area contributed by atoms with Crippen molar-refractivity contribution in [1.82, 2.24) is 15.5 Å². The lowest BCUT2D eigenvalue weighted by Gasteiger charge is -2.08. The van der Waals surface area contributed by atoms with Crippen molar-refractivity contribution in [3.8, 4) is 0 Å². The lowest BCUT2D eigenvalue weighted by atomic mass is 10.3. The van der Waals surface area contributed by atoms with Gasteiger partial charge >= 0.3 is 0 Å². The quantitative estimate of drug-likeness (QED) is 0.412. The Morgan fingerprint density at radius 1 is 1.12 bits per heavy atom. The van der Waals surface area contributed by atoms with Crippen molar-refractivity contribution in [2.75, 3.05) is 26.4 Å². The Labute approximate surface area is 49.0 Å². The van der Waals surface area contributed by atoms with Crippen molar-refractivity contribution >= 4 is 0 Å². The molecule has 0 saturated carbocycles. The van der Waals surface area contributed by atoms with E-state index in [1.54, 1.807) is 0 Å². The van der Waals surface area contributed by atoms with Gasteiger partial charge in [-0.2, -0.15) is 0 Å². The summed E-state index contributed by atoms with van der Waals surface area (Å²) in [6, 6.07) is 0.787. The van der Waals surface area contributed by atoms with Gasteiger partial charge in [0.1, 0.15) is 0 Å². The topological polar surface area (TPSA) is 27.3 Å². The first kappa shape index (κ1) is 4.73. The molecule has 2 rings (SSSR count). The summed E-state index contributed by atoms with van der Waals surface area (Å²) in [6.07, 6.45) is 0. The van der Waals surface area contributed by atoms with Crippen molar-refractivity contribution in [2.45, 2.75) is 6.04 Å². The van der Waals surface area contributed by atoms with Crippen LogP contribution in [0.4, 0.5) is 0 Å². The molecule has 3 heteroatoms. The zero-order chi connectivity index (χ0) is 5.40. The number of hydrogen-bond donors (Lipinski definition) is 2. The monoisotopic (exact) mass is 113 g/mol. The Hall–Kier alpha value is -0.120. The molecule has 46 valence electrons. The van der Waals surface area contributed by atoms with Crippen molar-refractivity contribution in [2.24, 2.45) is 0 Å². The summed E-state index contributed by atoms with van der Waals surface area (Å²) in [4.78, 5) is 2.42. The van der Waals surface area contributed by atoms with Crippen LogP contribution in [-0.4, -0.2) is 37.4 Å². The molecule has 2 N–H and O–H groups in total. The summed E-state index contributed by atoms with van der Waals surface area (Å²) in [5.41, 5.74) is 0. The standard InChI is InChI=1S/C5H11N3/c1-5-2-7-4-8(5)3-6-1/h5-7H,1-4H2. The molecule has 0 unspecified atom stereocenters. The molecule has 8 heavy (non-hydrogen) atoms. The third kappa shape index (κ3) is 0.555. The Balaban J connectivity index is 2.04. The van der Waals surface area contributed by atoms with E-state index in [2.05, 4.69) is 15.5 Å². The molecule has 2 saturated heterocycles. The van der Waals surface area contributed by atoms with E-state index in [0.29, 0.717) is 0 Å². The summed E-state index contributed by atoms with van der Waals surface area (Å²) >= 11 is 0. The van der Waals surface area contributed by atoms with Crippen LogP contribution in [0.1, 0.15) is 0 Å². The first-order valence-electron chi connectivity index (χ1n) is 3.12. The van der Waals surface area contributed by atoms with E-state index in [9.17, 15) is 0 Å². The van der Waals surface area contributed by atoms with Gasteiger partial charge in [-0.3, -0.25) is 4.90 Å². The number of rotatable bonds is 0. The number of fused-ring (bicyclic) bond motifs is 1. The zero-order valence-corrected chi connectivity index (χ0v) is 4.85. The second-order valence-electron chi connectivity index (χ2n) is 2.47. The molecule has 2 aliphatic rings. The van der Waals surface area contributed by atoms with Crippen LogP contribution in [0, 0.1) is 0 Å². The second kappa shape index (κ2) is 1.69. The van der Waals surface area contributed by atoms with Crippen LogP contribution in [0.3, 0.4) is 0 Å². The molecule has 2 heterocycles. The van der Waals surface area contributed by atoms with Gasteiger partial charge in [0.2, 0.25) is 0 Å². The van der Waals surface area contributed by atoms with E-state index < -0.39 is 0 Å². The lowest BCUT2D eigenvalue weighted by Crippen LogP contribution is -2.25. The molecule has 2 aliphatic heterocycles. The fourth-order valence-electron chi connectivity index (χ4n) is 1.39. The molecule has 0 radical (unpaired) electrons. The van der Waals surface area contributed by atoms with Crippen molar-refractivity contribution in [1.29, 1.82) is 0 Å². The van der Waals surface area contributed by atoms with E-state index in [1.165, 1.54) is 13.1 Å². The highest BCUT2D eigenvalue weighted by atomic mass is 15.4. The van der Waals surface area contributed by atoms with Gasteiger partial charge in [0.15, 0.2) is 0 Å². The van der Waals surface area contributed by atoms with Gasteiger partial charge in [-0.05, 0) is 0 Å². The zero-order valence-electron chi connectivity index (χ0n) is 4.85. The fourth-order valence-corrected chi connectivity index (χ4v) is 1.39. The lowest BCUT2D eigenvalue weighted by molar-refractivity contribution is 0.327. The van der Waals surface area contributed by atoms with E-state index in [0.717, 1.165) is 19.4 Å². The van der Waals surface area contributed by atoms with E-state index in [4.69, 9.17) is 0 Å². The van der Waals surface area contributed by atoms with Gasteiger partial charge in [-0.15, -0.1) is 0 Å². The van der Waals surface area contributed by atoms with Gasteiger partial charge < -0.3 is 10.6 Å². The smallest absolute Gasteiger partial charge is 0.0497 e. The minimum absolute atomic E-state index is 0.787. The first-order chi connectivity index (χ1) is 3.97. The molecule has 3 nitrogen and oxygen atoms in total. The van der Waals surface area contributed by atoms with Gasteiger partial charge in [-0.25, -0.2) is 0 Å². The maximum atomic E-state index is 3.31. The number of hydrogen-bond acceptors (Lipinski definition) is 3. The van der Waals surface area contributed by atoms with Crippen LogP contribution in [0.5, 0.6) is 0 Å². The van der Waals surface area contributed by atoms with Crippen LogP contribution >= 0.6 is 0 Å². The van der Waals surface area contributed by atoms with Crippen LogP contribution < -0.4 is 10.6 Å². The Bertz CT molecular complexity index is 73.7. The molecule has 0 bridgehead atoms. The molecule has 0 atom stereocenters. The number of nitrogens with one attached hydrogen (secondary N) is 2. The SMILES string of the molecule is C1NCN2CNCC12. The van der Waals surface area contributed by atoms with Gasteiger partial charge in [0.25, 0.3) is 0 Å². The van der Waals surface area contributed by atoms with Crippen molar-refractivity contribution < 1.29 is 0 Å². The fraction of sp³-hybridized carbons (Fsp3) is 1.00. The summed E-state index contributed by atoms with van der Waals surface area (Å²) < 4.78 is 0. The van der Waals surface area contributed by atoms with E-state index >= 15 is 0 Å². The average molecular weight is 113 g/mol. The molecular formula is C5H11N3. The van der Waals surface area contributed by atoms with Gasteiger partial charge in [-0.1, -0.05) is 0 Å². The van der Waals surface area contributed by atoms with E-state index in [-0.39, 0.29) is 0 Å². The summed E-state index contributed by atoms with van der Waals surface area (Å²) in [7, 11) is 0. The molecule has 0 aromatic rings. The third-order valence-electron chi connectivity index (χ3n) is 1.91. The van der Waals surface area contributed by atoms with E-state index in [1.807, 2.05) is 0 Å². The molecule has 0 amide bonds.